The maximum absolute atomic E-state index is 12.2. The summed E-state index contributed by atoms with van der Waals surface area (Å²) in [6.07, 6.45) is -13.5. The van der Waals surface area contributed by atoms with Gasteiger partial charge in [-0.25, -0.2) is 0 Å². The van der Waals surface area contributed by atoms with Crippen LogP contribution >= 0.6 is 0 Å². The van der Waals surface area contributed by atoms with E-state index >= 15 is 0 Å². The quantitative estimate of drug-likeness (QED) is 0.297. The zero-order chi connectivity index (χ0) is 31.3. The zero-order valence-corrected chi connectivity index (χ0v) is 24.3. The Morgan fingerprint density at radius 3 is 2.02 bits per heavy atom. The van der Waals surface area contributed by atoms with Crippen LogP contribution in [0.25, 0.3) is 0 Å². The first-order valence-electron chi connectivity index (χ1n) is 13.6. The van der Waals surface area contributed by atoms with Gasteiger partial charge in [0.05, 0.1) is 6.61 Å². The minimum absolute atomic E-state index is 0.0763. The van der Waals surface area contributed by atoms with Crippen LogP contribution < -0.4 is 0 Å². The Labute approximate surface area is 247 Å². The first-order valence-corrected chi connectivity index (χ1v) is 13.6. The van der Waals surface area contributed by atoms with Crippen molar-refractivity contribution in [3.05, 3.63) is 35.9 Å². The van der Waals surface area contributed by atoms with E-state index in [1.807, 2.05) is 30.3 Å². The highest BCUT2D eigenvalue weighted by Gasteiger charge is 2.56. The molecule has 1 aromatic carbocycles. The average molecular weight is 613 g/mol. The minimum Gasteiger partial charge on any atom is -0.463 e. The summed E-state index contributed by atoms with van der Waals surface area (Å²) in [7, 11) is 1.33. The lowest BCUT2D eigenvalue weighted by Crippen LogP contribution is -2.67. The van der Waals surface area contributed by atoms with Crippen molar-refractivity contribution in [3.63, 3.8) is 0 Å². The van der Waals surface area contributed by atoms with Crippen molar-refractivity contribution in [2.75, 3.05) is 20.3 Å². The summed E-state index contributed by atoms with van der Waals surface area (Å²) in [5.41, 5.74) is 0.721. The molecule has 3 aliphatic heterocycles. The number of hydrogen-bond acceptors (Lipinski definition) is 15. The SMILES string of the molecule is CO[C@@H]1O[C@@H]2COC(c3ccccc3)O[C@H]2[C@H](O)[C@H]1O[C@@H]1O[C@H](COC(C)=O)[C@@H](OC(C)=O)[C@H](OC(C)=O)[C@H]1OC(C)=O. The number of carbonyl (C=O) groups is 4. The fraction of sp³-hybridized carbons (Fsp3) is 0.643. The summed E-state index contributed by atoms with van der Waals surface area (Å²) in [5.74, 6) is -3.04. The molecule has 1 aromatic rings. The molecule has 238 valence electrons. The highest BCUT2D eigenvalue weighted by atomic mass is 16.8. The van der Waals surface area contributed by atoms with Crippen LogP contribution in [-0.2, 0) is 66.5 Å². The van der Waals surface area contributed by atoms with E-state index in [0.717, 1.165) is 33.3 Å². The number of carbonyl (C=O) groups excluding carboxylic acids is 4. The van der Waals surface area contributed by atoms with E-state index in [-0.39, 0.29) is 6.61 Å². The molecule has 1 unspecified atom stereocenters. The molecule has 4 rings (SSSR count). The number of methoxy groups -OCH3 is 1. The van der Waals surface area contributed by atoms with Gasteiger partial charge in [-0.3, -0.25) is 19.2 Å². The monoisotopic (exact) mass is 612 g/mol. The maximum atomic E-state index is 12.2. The van der Waals surface area contributed by atoms with Gasteiger partial charge in [-0.15, -0.1) is 0 Å². The first kappa shape index (κ1) is 32.7. The zero-order valence-electron chi connectivity index (χ0n) is 24.3. The van der Waals surface area contributed by atoms with Crippen LogP contribution in [0.4, 0.5) is 0 Å². The van der Waals surface area contributed by atoms with Gasteiger partial charge in [0.25, 0.3) is 0 Å². The number of ether oxygens (including phenoxy) is 10. The van der Waals surface area contributed by atoms with Crippen LogP contribution in [0.15, 0.2) is 30.3 Å². The summed E-state index contributed by atoms with van der Waals surface area (Å²) in [4.78, 5) is 47.9. The summed E-state index contributed by atoms with van der Waals surface area (Å²) in [6.45, 7) is 4.12. The molecule has 1 N–H and O–H groups in total. The molecule has 0 aromatic heterocycles. The van der Waals surface area contributed by atoms with Crippen LogP contribution in [0.5, 0.6) is 0 Å². The van der Waals surface area contributed by atoms with Crippen molar-refractivity contribution in [1.29, 1.82) is 0 Å². The van der Waals surface area contributed by atoms with Gasteiger partial charge in [0, 0.05) is 40.4 Å². The number of fused-ring (bicyclic) bond motifs is 1. The summed E-state index contributed by atoms with van der Waals surface area (Å²) < 4.78 is 56.9. The lowest BCUT2D eigenvalue weighted by Gasteiger charge is -2.49. The van der Waals surface area contributed by atoms with Crippen molar-refractivity contribution >= 4 is 23.9 Å². The predicted molar refractivity (Wildman–Crippen MR) is 139 cm³/mol. The van der Waals surface area contributed by atoms with E-state index in [1.54, 1.807) is 0 Å². The van der Waals surface area contributed by atoms with Gasteiger partial charge in [-0.1, -0.05) is 30.3 Å². The molecule has 11 atom stereocenters. The smallest absolute Gasteiger partial charge is 0.303 e. The Balaban J connectivity index is 1.64. The molecule has 0 aliphatic carbocycles. The van der Waals surface area contributed by atoms with Gasteiger partial charge in [0.1, 0.15) is 37.1 Å². The lowest BCUT2D eigenvalue weighted by atomic mass is 9.96. The van der Waals surface area contributed by atoms with Gasteiger partial charge in [0.2, 0.25) is 0 Å². The van der Waals surface area contributed by atoms with Crippen LogP contribution in [0.3, 0.4) is 0 Å². The topological polar surface area (TPSA) is 181 Å². The van der Waals surface area contributed by atoms with E-state index in [2.05, 4.69) is 0 Å². The Bertz CT molecular complexity index is 1130. The molecular formula is C28H36O15. The predicted octanol–water partition coefficient (Wildman–Crippen LogP) is 0.301. The molecule has 15 heteroatoms. The van der Waals surface area contributed by atoms with Gasteiger partial charge >= 0.3 is 23.9 Å². The number of hydrogen-bond donors (Lipinski definition) is 1. The maximum Gasteiger partial charge on any atom is 0.303 e. The Morgan fingerprint density at radius 2 is 1.42 bits per heavy atom. The third kappa shape index (κ3) is 8.06. The summed E-state index contributed by atoms with van der Waals surface area (Å²) in [5, 5.41) is 11.5. The second-order valence-electron chi connectivity index (χ2n) is 10.1. The average Bonchev–Trinajstić information content (AvgIpc) is 2.95. The molecule has 3 saturated heterocycles. The van der Waals surface area contributed by atoms with Gasteiger partial charge in [-0.05, 0) is 0 Å². The lowest BCUT2D eigenvalue weighted by molar-refractivity contribution is -0.391. The molecule has 43 heavy (non-hydrogen) atoms. The third-order valence-electron chi connectivity index (χ3n) is 6.85. The number of rotatable bonds is 9. The molecule has 0 amide bonds. The fourth-order valence-electron chi connectivity index (χ4n) is 5.13. The molecule has 3 heterocycles. The summed E-state index contributed by atoms with van der Waals surface area (Å²) in [6, 6.07) is 9.10. The number of aliphatic hydroxyl groups excluding tert-OH is 1. The Morgan fingerprint density at radius 1 is 0.791 bits per heavy atom. The molecule has 3 aliphatic rings. The van der Waals surface area contributed by atoms with Crippen molar-refractivity contribution < 1.29 is 71.7 Å². The van der Waals surface area contributed by atoms with Crippen molar-refractivity contribution in [1.82, 2.24) is 0 Å². The van der Waals surface area contributed by atoms with Gasteiger partial charge < -0.3 is 52.5 Å². The second kappa shape index (κ2) is 14.5. The van der Waals surface area contributed by atoms with Crippen LogP contribution in [0.2, 0.25) is 0 Å². The standard InChI is InChI=1S/C28H36O15/c1-13(29)35-11-19-22(37-14(2)30)24(38-15(3)31)25(39-16(4)32)28(41-19)43-23-20(33)21-18(40-27(23)34-5)12-36-26(42-21)17-9-7-6-8-10-17/h6-10,18-28,33H,11-12H2,1-5H3/t18-,19-,20+,21-,22-,23-,24+,25-,26?,27-,28+/m1/s1. The van der Waals surface area contributed by atoms with E-state index in [0.29, 0.717) is 0 Å². The highest BCUT2D eigenvalue weighted by Crippen LogP contribution is 2.37. The molecule has 0 spiro atoms. The fourth-order valence-corrected chi connectivity index (χ4v) is 5.13. The van der Waals surface area contributed by atoms with E-state index in [1.165, 1.54) is 7.11 Å². The third-order valence-corrected chi connectivity index (χ3v) is 6.85. The second-order valence-corrected chi connectivity index (χ2v) is 10.1. The molecule has 0 saturated carbocycles. The van der Waals surface area contributed by atoms with Crippen molar-refractivity contribution in [2.45, 2.75) is 95.4 Å². The largest absolute Gasteiger partial charge is 0.463 e. The normalized spacial score (nSPS) is 35.6. The number of benzene rings is 1. The number of esters is 4. The molecule has 15 nitrogen and oxygen atoms in total. The molecule has 0 radical (unpaired) electrons. The molecule has 0 bridgehead atoms. The molecular weight excluding hydrogens is 576 g/mol. The van der Waals surface area contributed by atoms with E-state index < -0.39 is 98.2 Å². The van der Waals surface area contributed by atoms with E-state index in [4.69, 9.17) is 47.4 Å². The van der Waals surface area contributed by atoms with Crippen molar-refractivity contribution in [3.8, 4) is 0 Å². The van der Waals surface area contributed by atoms with Gasteiger partial charge in [-0.2, -0.15) is 0 Å². The van der Waals surface area contributed by atoms with Gasteiger partial charge in [0.15, 0.2) is 37.2 Å². The Kier molecular flexibility index (Phi) is 11.1. The first-order chi connectivity index (χ1) is 20.5. The minimum atomic E-state index is -1.57. The summed E-state index contributed by atoms with van der Waals surface area (Å²) >= 11 is 0. The highest BCUT2D eigenvalue weighted by molar-refractivity contribution is 5.68. The van der Waals surface area contributed by atoms with Crippen LogP contribution in [-0.4, -0.2) is 111 Å². The van der Waals surface area contributed by atoms with Crippen molar-refractivity contribution in [2.24, 2.45) is 0 Å². The van der Waals surface area contributed by atoms with Crippen LogP contribution in [0.1, 0.15) is 39.5 Å². The number of aliphatic hydroxyl groups is 1. The molecule has 3 fully saturated rings. The van der Waals surface area contributed by atoms with E-state index in [9.17, 15) is 24.3 Å². The van der Waals surface area contributed by atoms with Crippen LogP contribution in [0, 0.1) is 0 Å². The Hall–Kier alpha value is -3.18.